The molecule has 0 saturated heterocycles. The molecular formula is C32H30Cl3N3O4S. The fourth-order valence-corrected chi connectivity index (χ4v) is 6.63. The van der Waals surface area contributed by atoms with Crippen molar-refractivity contribution < 1.29 is 18.0 Å². The van der Waals surface area contributed by atoms with E-state index in [1.807, 2.05) is 30.3 Å². The highest BCUT2D eigenvalue weighted by Gasteiger charge is 2.35. The van der Waals surface area contributed by atoms with Crippen LogP contribution in [0.25, 0.3) is 0 Å². The molecule has 0 radical (unpaired) electrons. The number of likely N-dealkylation sites (N-methyl/N-ethyl adjacent to an activating group) is 1. The first kappa shape index (κ1) is 32.4. The zero-order valence-corrected chi connectivity index (χ0v) is 26.4. The highest BCUT2D eigenvalue weighted by atomic mass is 35.5. The Balaban J connectivity index is 1.82. The van der Waals surface area contributed by atoms with Crippen LogP contribution >= 0.6 is 34.8 Å². The quantitative estimate of drug-likeness (QED) is 0.185. The molecule has 0 fully saturated rings. The van der Waals surface area contributed by atoms with Crippen molar-refractivity contribution in [3.8, 4) is 0 Å². The Morgan fingerprint density at radius 2 is 1.37 bits per heavy atom. The lowest BCUT2D eigenvalue weighted by Crippen LogP contribution is -2.53. The summed E-state index contributed by atoms with van der Waals surface area (Å²) in [6.45, 7) is 1.37. The van der Waals surface area contributed by atoms with Gasteiger partial charge in [-0.25, -0.2) is 8.42 Å². The Kier molecular flexibility index (Phi) is 11.1. The van der Waals surface area contributed by atoms with Gasteiger partial charge in [-0.2, -0.15) is 0 Å². The van der Waals surface area contributed by atoms with E-state index in [0.717, 1.165) is 9.87 Å². The van der Waals surface area contributed by atoms with Crippen LogP contribution in [-0.4, -0.2) is 44.3 Å². The molecule has 2 amide bonds. The molecular weight excluding hydrogens is 629 g/mol. The normalized spacial score (nSPS) is 11.9. The van der Waals surface area contributed by atoms with Gasteiger partial charge in [-0.15, -0.1) is 0 Å². The molecule has 1 atom stereocenters. The van der Waals surface area contributed by atoms with Gasteiger partial charge < -0.3 is 10.2 Å². The average Bonchev–Trinajstić information content (AvgIpc) is 3.00. The third-order valence-electron chi connectivity index (χ3n) is 6.74. The van der Waals surface area contributed by atoms with E-state index in [1.165, 1.54) is 29.2 Å². The highest BCUT2D eigenvalue weighted by molar-refractivity contribution is 7.92. The zero-order valence-electron chi connectivity index (χ0n) is 23.3. The summed E-state index contributed by atoms with van der Waals surface area (Å²) in [6, 6.07) is 27.2. The minimum atomic E-state index is -4.21. The number of benzene rings is 4. The van der Waals surface area contributed by atoms with Gasteiger partial charge in [-0.1, -0.05) is 89.4 Å². The van der Waals surface area contributed by atoms with E-state index in [2.05, 4.69) is 5.32 Å². The SMILES string of the molecule is CCNC(=O)C(Cc1ccccc1)N(Cc1c(Cl)cccc1Cl)C(=O)CN(c1ccc(Cl)cc1)S(=O)(=O)c1ccccc1. The summed E-state index contributed by atoms with van der Waals surface area (Å²) in [4.78, 5) is 29.3. The van der Waals surface area contributed by atoms with E-state index in [-0.39, 0.29) is 23.5 Å². The molecule has 1 N–H and O–H groups in total. The van der Waals surface area contributed by atoms with Crippen LogP contribution in [0.1, 0.15) is 18.1 Å². The van der Waals surface area contributed by atoms with Crippen LogP contribution in [0.15, 0.2) is 108 Å². The van der Waals surface area contributed by atoms with Crippen molar-refractivity contribution in [2.45, 2.75) is 30.8 Å². The number of hydrogen-bond acceptors (Lipinski definition) is 4. The molecule has 4 aromatic rings. The van der Waals surface area contributed by atoms with E-state index in [1.54, 1.807) is 55.5 Å². The molecule has 0 heterocycles. The van der Waals surface area contributed by atoms with E-state index in [9.17, 15) is 18.0 Å². The lowest BCUT2D eigenvalue weighted by molar-refractivity contribution is -0.140. The van der Waals surface area contributed by atoms with Gasteiger partial charge in [0, 0.05) is 40.1 Å². The number of amides is 2. The number of rotatable bonds is 12. The van der Waals surface area contributed by atoms with Crippen LogP contribution in [0.2, 0.25) is 15.1 Å². The largest absolute Gasteiger partial charge is 0.355 e. The maximum Gasteiger partial charge on any atom is 0.264 e. The second-order valence-electron chi connectivity index (χ2n) is 9.62. The average molecular weight is 659 g/mol. The molecule has 0 spiro atoms. The molecule has 0 aliphatic carbocycles. The fourth-order valence-electron chi connectivity index (χ4n) is 4.56. The topological polar surface area (TPSA) is 86.8 Å². The molecule has 4 rings (SSSR count). The van der Waals surface area contributed by atoms with Gasteiger partial charge in [0.05, 0.1) is 10.6 Å². The van der Waals surface area contributed by atoms with Crippen molar-refractivity contribution >= 4 is 62.3 Å². The van der Waals surface area contributed by atoms with Crippen LogP contribution in [0.4, 0.5) is 5.69 Å². The second-order valence-corrected chi connectivity index (χ2v) is 12.7. The molecule has 0 saturated carbocycles. The standard InChI is InChI=1S/C32H30Cl3N3O4S/c1-2-36-32(40)30(20-23-10-5-3-6-11-23)37(21-27-28(34)14-9-15-29(27)35)31(39)22-38(25-18-16-24(33)17-19-25)43(41,42)26-12-7-4-8-13-26/h3-19,30H,2,20-22H2,1H3,(H,36,40). The number of hydrogen-bond donors (Lipinski definition) is 1. The number of sulfonamides is 1. The predicted molar refractivity (Wildman–Crippen MR) is 172 cm³/mol. The van der Waals surface area contributed by atoms with Crippen molar-refractivity contribution in [2.24, 2.45) is 0 Å². The number of nitrogens with one attached hydrogen (secondary N) is 1. The van der Waals surface area contributed by atoms with Crippen molar-refractivity contribution in [3.63, 3.8) is 0 Å². The molecule has 224 valence electrons. The molecule has 0 aromatic heterocycles. The molecule has 4 aromatic carbocycles. The third-order valence-corrected chi connectivity index (χ3v) is 9.49. The Bertz CT molecular complexity index is 1630. The Morgan fingerprint density at radius 3 is 1.95 bits per heavy atom. The zero-order chi connectivity index (χ0) is 31.0. The number of halogens is 3. The lowest BCUT2D eigenvalue weighted by atomic mass is 10.0. The first-order valence-electron chi connectivity index (χ1n) is 13.5. The number of carbonyl (C=O) groups is 2. The smallest absolute Gasteiger partial charge is 0.264 e. The number of anilines is 1. The van der Waals surface area contributed by atoms with Crippen LogP contribution < -0.4 is 9.62 Å². The predicted octanol–water partition coefficient (Wildman–Crippen LogP) is 6.62. The fraction of sp³-hybridized carbons (Fsp3) is 0.188. The summed E-state index contributed by atoms with van der Waals surface area (Å²) in [5.74, 6) is -1.02. The van der Waals surface area contributed by atoms with E-state index >= 15 is 0 Å². The number of carbonyl (C=O) groups excluding carboxylic acids is 2. The van der Waals surface area contributed by atoms with Crippen molar-refractivity contribution in [1.82, 2.24) is 10.2 Å². The van der Waals surface area contributed by atoms with E-state index < -0.39 is 34.4 Å². The molecule has 0 aliphatic heterocycles. The molecule has 0 aliphatic rings. The molecule has 0 bridgehead atoms. The second kappa shape index (κ2) is 14.8. The van der Waals surface area contributed by atoms with Gasteiger partial charge in [-0.05, 0) is 61.0 Å². The summed E-state index contributed by atoms with van der Waals surface area (Å²) in [5, 5.41) is 3.84. The minimum Gasteiger partial charge on any atom is -0.355 e. The summed E-state index contributed by atoms with van der Waals surface area (Å²) in [6.07, 6.45) is 0.173. The Morgan fingerprint density at radius 1 is 0.791 bits per heavy atom. The van der Waals surface area contributed by atoms with E-state index in [4.69, 9.17) is 34.8 Å². The Labute approximate surface area is 267 Å². The highest BCUT2D eigenvalue weighted by Crippen LogP contribution is 2.29. The number of nitrogens with zero attached hydrogens (tertiary/aromatic N) is 2. The van der Waals surface area contributed by atoms with Gasteiger partial charge in [-0.3, -0.25) is 13.9 Å². The molecule has 1 unspecified atom stereocenters. The minimum absolute atomic E-state index is 0.00279. The molecule has 43 heavy (non-hydrogen) atoms. The summed E-state index contributed by atoms with van der Waals surface area (Å²) >= 11 is 19.1. The molecule has 7 nitrogen and oxygen atoms in total. The van der Waals surface area contributed by atoms with Gasteiger partial charge in [0.15, 0.2) is 0 Å². The maximum atomic E-state index is 14.4. The lowest BCUT2D eigenvalue weighted by Gasteiger charge is -2.34. The van der Waals surface area contributed by atoms with Crippen molar-refractivity contribution in [3.05, 3.63) is 129 Å². The first-order chi connectivity index (χ1) is 20.6. The van der Waals surface area contributed by atoms with Crippen LogP contribution in [-0.2, 0) is 32.6 Å². The molecule has 11 heteroatoms. The first-order valence-corrected chi connectivity index (χ1v) is 16.1. The monoisotopic (exact) mass is 657 g/mol. The Hall–Kier alpha value is -3.56. The van der Waals surface area contributed by atoms with Crippen LogP contribution in [0.3, 0.4) is 0 Å². The van der Waals surface area contributed by atoms with Gasteiger partial charge in [0.25, 0.3) is 10.0 Å². The summed E-state index contributed by atoms with van der Waals surface area (Å²) < 4.78 is 28.9. The van der Waals surface area contributed by atoms with Gasteiger partial charge in [0.1, 0.15) is 12.6 Å². The summed E-state index contributed by atoms with van der Waals surface area (Å²) in [7, 11) is -4.21. The van der Waals surface area contributed by atoms with Crippen LogP contribution in [0.5, 0.6) is 0 Å². The van der Waals surface area contributed by atoms with Gasteiger partial charge >= 0.3 is 0 Å². The third kappa shape index (κ3) is 8.09. The van der Waals surface area contributed by atoms with E-state index in [0.29, 0.717) is 27.2 Å². The van der Waals surface area contributed by atoms with Crippen molar-refractivity contribution in [1.29, 1.82) is 0 Å². The van der Waals surface area contributed by atoms with Gasteiger partial charge in [0.2, 0.25) is 11.8 Å². The van der Waals surface area contributed by atoms with Crippen LogP contribution in [0, 0.1) is 0 Å². The summed E-state index contributed by atoms with van der Waals surface area (Å²) in [5.41, 5.74) is 1.48. The van der Waals surface area contributed by atoms with Crippen molar-refractivity contribution in [2.75, 3.05) is 17.4 Å². The maximum absolute atomic E-state index is 14.4.